The van der Waals surface area contributed by atoms with Crippen LogP contribution in [0, 0.1) is 5.92 Å². The Morgan fingerprint density at radius 1 is 1.37 bits per heavy atom. The fourth-order valence-electron chi connectivity index (χ4n) is 1.42. The van der Waals surface area contributed by atoms with Crippen molar-refractivity contribution < 1.29 is 19.4 Å². The van der Waals surface area contributed by atoms with Gasteiger partial charge < -0.3 is 15.2 Å². The van der Waals surface area contributed by atoms with E-state index in [9.17, 15) is 9.59 Å². The molecule has 1 aromatic rings. The lowest BCUT2D eigenvalue weighted by atomic mass is 10.1. The van der Waals surface area contributed by atoms with Crippen LogP contribution in [0.3, 0.4) is 0 Å². The summed E-state index contributed by atoms with van der Waals surface area (Å²) in [6, 6.07) is 6.06. The van der Waals surface area contributed by atoms with Crippen molar-refractivity contribution in [3.63, 3.8) is 0 Å². The van der Waals surface area contributed by atoms with Crippen LogP contribution in [0.5, 0.6) is 5.75 Å². The molecule has 2 N–H and O–H groups in total. The van der Waals surface area contributed by atoms with E-state index in [2.05, 4.69) is 19.2 Å². The molecule has 0 aliphatic carbocycles. The van der Waals surface area contributed by atoms with Gasteiger partial charge >= 0.3 is 5.97 Å². The van der Waals surface area contributed by atoms with Gasteiger partial charge in [-0.05, 0) is 30.5 Å². The Kier molecular flexibility index (Phi) is 5.85. The number of nitrogens with one attached hydrogen (secondary N) is 1. The Balaban J connectivity index is 2.37. The number of carbonyl (C=O) groups excluding carboxylic acids is 1. The predicted molar refractivity (Wildman–Crippen MR) is 71.4 cm³/mol. The summed E-state index contributed by atoms with van der Waals surface area (Å²) >= 11 is 0. The number of rotatable bonds is 7. The second-order valence-electron chi connectivity index (χ2n) is 4.65. The SMILES string of the molecule is CC(C)CCNC(=O)COc1cccc(C(=O)O)c1. The van der Waals surface area contributed by atoms with Gasteiger partial charge in [-0.25, -0.2) is 4.79 Å². The van der Waals surface area contributed by atoms with E-state index in [0.29, 0.717) is 18.2 Å². The van der Waals surface area contributed by atoms with Crippen LogP contribution in [-0.2, 0) is 4.79 Å². The second kappa shape index (κ2) is 7.41. The summed E-state index contributed by atoms with van der Waals surface area (Å²) in [5.41, 5.74) is 0.137. The topological polar surface area (TPSA) is 75.6 Å². The minimum Gasteiger partial charge on any atom is -0.484 e. The summed E-state index contributed by atoms with van der Waals surface area (Å²) in [6.45, 7) is 4.68. The van der Waals surface area contributed by atoms with E-state index in [1.165, 1.54) is 12.1 Å². The summed E-state index contributed by atoms with van der Waals surface area (Å²) < 4.78 is 5.24. The molecule has 0 saturated carbocycles. The van der Waals surface area contributed by atoms with E-state index in [1.54, 1.807) is 12.1 Å². The molecule has 0 unspecified atom stereocenters. The van der Waals surface area contributed by atoms with Crippen LogP contribution >= 0.6 is 0 Å². The summed E-state index contributed by atoms with van der Waals surface area (Å²) in [7, 11) is 0. The van der Waals surface area contributed by atoms with Crippen molar-refractivity contribution in [2.24, 2.45) is 5.92 Å². The molecule has 0 heterocycles. The van der Waals surface area contributed by atoms with Crippen molar-refractivity contribution in [1.29, 1.82) is 0 Å². The van der Waals surface area contributed by atoms with E-state index >= 15 is 0 Å². The number of ether oxygens (including phenoxy) is 1. The van der Waals surface area contributed by atoms with Crippen LogP contribution < -0.4 is 10.1 Å². The van der Waals surface area contributed by atoms with E-state index in [1.807, 2.05) is 0 Å². The molecule has 0 saturated heterocycles. The zero-order valence-corrected chi connectivity index (χ0v) is 11.2. The lowest BCUT2D eigenvalue weighted by Gasteiger charge is -2.09. The first-order chi connectivity index (χ1) is 8.99. The molecule has 19 heavy (non-hydrogen) atoms. The van der Waals surface area contributed by atoms with E-state index < -0.39 is 5.97 Å². The highest BCUT2D eigenvalue weighted by Gasteiger charge is 2.06. The Hall–Kier alpha value is -2.04. The summed E-state index contributed by atoms with van der Waals surface area (Å²) in [4.78, 5) is 22.2. The molecule has 1 rings (SSSR count). The van der Waals surface area contributed by atoms with Crippen molar-refractivity contribution in [1.82, 2.24) is 5.32 Å². The third kappa shape index (κ3) is 5.90. The fourth-order valence-corrected chi connectivity index (χ4v) is 1.42. The summed E-state index contributed by atoms with van der Waals surface area (Å²) in [6.07, 6.45) is 0.917. The molecular weight excluding hydrogens is 246 g/mol. The maximum atomic E-state index is 11.5. The van der Waals surface area contributed by atoms with Gasteiger partial charge in [-0.1, -0.05) is 19.9 Å². The lowest BCUT2D eigenvalue weighted by Crippen LogP contribution is -2.30. The molecule has 1 aromatic carbocycles. The highest BCUT2D eigenvalue weighted by molar-refractivity contribution is 5.88. The van der Waals surface area contributed by atoms with Gasteiger partial charge in [0.1, 0.15) is 5.75 Å². The Labute approximate surface area is 112 Å². The first-order valence-electron chi connectivity index (χ1n) is 6.22. The Morgan fingerprint density at radius 3 is 2.74 bits per heavy atom. The van der Waals surface area contributed by atoms with Gasteiger partial charge in [0.15, 0.2) is 6.61 Å². The maximum Gasteiger partial charge on any atom is 0.335 e. The molecule has 1 amide bonds. The average Bonchev–Trinajstić information content (AvgIpc) is 2.36. The van der Waals surface area contributed by atoms with E-state index in [-0.39, 0.29) is 18.1 Å². The molecule has 0 spiro atoms. The van der Waals surface area contributed by atoms with Crippen molar-refractivity contribution in [2.75, 3.05) is 13.2 Å². The molecule has 0 bridgehead atoms. The van der Waals surface area contributed by atoms with Crippen LogP contribution in [-0.4, -0.2) is 30.1 Å². The smallest absolute Gasteiger partial charge is 0.335 e. The van der Waals surface area contributed by atoms with Gasteiger partial charge in [-0.2, -0.15) is 0 Å². The van der Waals surface area contributed by atoms with Gasteiger partial charge in [0.2, 0.25) is 0 Å². The van der Waals surface area contributed by atoms with Gasteiger partial charge in [-0.3, -0.25) is 4.79 Å². The zero-order chi connectivity index (χ0) is 14.3. The molecule has 0 aliphatic rings. The standard InChI is InChI=1S/C14H19NO4/c1-10(2)6-7-15-13(16)9-19-12-5-3-4-11(8-12)14(17)18/h3-5,8,10H,6-7,9H2,1-2H3,(H,15,16)(H,17,18). The molecule has 104 valence electrons. The van der Waals surface area contributed by atoms with Gasteiger partial charge in [0.05, 0.1) is 5.56 Å². The number of hydrogen-bond donors (Lipinski definition) is 2. The van der Waals surface area contributed by atoms with Crippen LogP contribution in [0.2, 0.25) is 0 Å². The van der Waals surface area contributed by atoms with Crippen molar-refractivity contribution in [2.45, 2.75) is 20.3 Å². The maximum absolute atomic E-state index is 11.5. The average molecular weight is 265 g/mol. The van der Waals surface area contributed by atoms with Gasteiger partial charge in [-0.15, -0.1) is 0 Å². The number of benzene rings is 1. The van der Waals surface area contributed by atoms with Crippen molar-refractivity contribution >= 4 is 11.9 Å². The van der Waals surface area contributed by atoms with E-state index in [0.717, 1.165) is 6.42 Å². The quantitative estimate of drug-likeness (QED) is 0.789. The molecule has 0 aromatic heterocycles. The molecule has 0 aliphatic heterocycles. The number of hydrogen-bond acceptors (Lipinski definition) is 3. The number of aromatic carboxylic acids is 1. The zero-order valence-electron chi connectivity index (χ0n) is 11.2. The highest BCUT2D eigenvalue weighted by Crippen LogP contribution is 2.13. The number of carboxylic acid groups (broad SMARTS) is 1. The Morgan fingerprint density at radius 2 is 2.11 bits per heavy atom. The van der Waals surface area contributed by atoms with Crippen LogP contribution in [0.1, 0.15) is 30.6 Å². The largest absolute Gasteiger partial charge is 0.484 e. The third-order valence-corrected chi connectivity index (χ3v) is 2.49. The molecule has 5 nitrogen and oxygen atoms in total. The predicted octanol–water partition coefficient (Wildman–Crippen LogP) is 1.93. The summed E-state index contributed by atoms with van der Waals surface area (Å²) in [5.74, 6) is -0.319. The minimum atomic E-state index is -1.02. The first kappa shape index (κ1) is 15.0. The highest BCUT2D eigenvalue weighted by atomic mass is 16.5. The molecular formula is C14H19NO4. The number of carboxylic acids is 1. The Bertz CT molecular complexity index is 443. The lowest BCUT2D eigenvalue weighted by molar-refractivity contribution is -0.123. The summed E-state index contributed by atoms with van der Waals surface area (Å²) in [5, 5.41) is 11.6. The molecule has 0 radical (unpaired) electrons. The van der Waals surface area contributed by atoms with Gasteiger partial charge in [0, 0.05) is 6.54 Å². The van der Waals surface area contributed by atoms with E-state index in [4.69, 9.17) is 9.84 Å². The van der Waals surface area contributed by atoms with Crippen LogP contribution in [0.15, 0.2) is 24.3 Å². The van der Waals surface area contributed by atoms with Crippen LogP contribution in [0.4, 0.5) is 0 Å². The van der Waals surface area contributed by atoms with Gasteiger partial charge in [0.25, 0.3) is 5.91 Å². The molecule has 0 fully saturated rings. The third-order valence-electron chi connectivity index (χ3n) is 2.49. The molecule has 0 atom stereocenters. The van der Waals surface area contributed by atoms with Crippen molar-refractivity contribution in [3.8, 4) is 5.75 Å². The molecule has 5 heteroatoms. The normalized spacial score (nSPS) is 10.3. The first-order valence-corrected chi connectivity index (χ1v) is 6.22. The minimum absolute atomic E-state index is 0.110. The second-order valence-corrected chi connectivity index (χ2v) is 4.65. The van der Waals surface area contributed by atoms with Crippen molar-refractivity contribution in [3.05, 3.63) is 29.8 Å². The van der Waals surface area contributed by atoms with Crippen LogP contribution in [0.25, 0.3) is 0 Å². The number of carbonyl (C=O) groups is 2. The monoisotopic (exact) mass is 265 g/mol. The fraction of sp³-hybridized carbons (Fsp3) is 0.429. The number of amides is 1.